The zero-order valence-corrected chi connectivity index (χ0v) is 10.5. The summed E-state index contributed by atoms with van der Waals surface area (Å²) in [4.78, 5) is 14.0. The Bertz CT molecular complexity index is 414. The standard InChI is InChI=1S/C14H20N2O/c1-10(2)13(15)14(17)16-8-7-11-5-3-4-6-12(11)9-16/h3-6,10,13H,7-9,15H2,1-2H3/t13-/m1/s1. The minimum absolute atomic E-state index is 0.0782. The molecule has 0 saturated carbocycles. The van der Waals surface area contributed by atoms with E-state index in [-0.39, 0.29) is 17.9 Å². The predicted octanol–water partition coefficient (Wildman–Crippen LogP) is 1.55. The van der Waals surface area contributed by atoms with Crippen LogP contribution in [-0.2, 0) is 17.8 Å². The molecule has 1 aromatic rings. The fourth-order valence-corrected chi connectivity index (χ4v) is 2.18. The fraction of sp³-hybridized carbons (Fsp3) is 0.500. The van der Waals surface area contributed by atoms with Gasteiger partial charge < -0.3 is 10.6 Å². The number of nitrogens with zero attached hydrogens (tertiary/aromatic N) is 1. The molecule has 0 aliphatic carbocycles. The van der Waals surface area contributed by atoms with Crippen LogP contribution in [0.2, 0.25) is 0 Å². The largest absolute Gasteiger partial charge is 0.337 e. The average Bonchev–Trinajstić information content (AvgIpc) is 2.36. The minimum Gasteiger partial charge on any atom is -0.337 e. The normalized spacial score (nSPS) is 16.8. The number of hydrogen-bond donors (Lipinski definition) is 1. The lowest BCUT2D eigenvalue weighted by molar-refractivity contribution is -0.134. The first-order valence-electron chi connectivity index (χ1n) is 6.20. The molecule has 0 bridgehead atoms. The van der Waals surface area contributed by atoms with Crippen LogP contribution < -0.4 is 5.73 Å². The number of amides is 1. The summed E-state index contributed by atoms with van der Waals surface area (Å²) in [7, 11) is 0. The van der Waals surface area contributed by atoms with E-state index in [0.29, 0.717) is 6.54 Å². The molecule has 1 atom stereocenters. The molecule has 0 fully saturated rings. The zero-order valence-electron chi connectivity index (χ0n) is 10.5. The Morgan fingerprint density at radius 1 is 1.29 bits per heavy atom. The van der Waals surface area contributed by atoms with Crippen LogP contribution in [0.5, 0.6) is 0 Å². The molecule has 0 aromatic heterocycles. The molecular weight excluding hydrogens is 212 g/mol. The van der Waals surface area contributed by atoms with E-state index in [1.165, 1.54) is 11.1 Å². The molecule has 1 aliphatic heterocycles. The van der Waals surface area contributed by atoms with Gasteiger partial charge in [-0.3, -0.25) is 4.79 Å². The van der Waals surface area contributed by atoms with Crippen LogP contribution in [0.25, 0.3) is 0 Å². The highest BCUT2D eigenvalue weighted by molar-refractivity contribution is 5.82. The van der Waals surface area contributed by atoms with Gasteiger partial charge in [0.2, 0.25) is 5.91 Å². The summed E-state index contributed by atoms with van der Waals surface area (Å²) in [5.74, 6) is 0.272. The van der Waals surface area contributed by atoms with E-state index in [1.54, 1.807) is 0 Å². The van der Waals surface area contributed by atoms with Crippen molar-refractivity contribution >= 4 is 5.91 Å². The monoisotopic (exact) mass is 232 g/mol. The van der Waals surface area contributed by atoms with Gasteiger partial charge in [-0.25, -0.2) is 0 Å². The lowest BCUT2D eigenvalue weighted by Gasteiger charge is -2.31. The molecule has 92 valence electrons. The van der Waals surface area contributed by atoms with Gasteiger partial charge in [-0.15, -0.1) is 0 Å². The third kappa shape index (κ3) is 2.50. The highest BCUT2D eigenvalue weighted by Crippen LogP contribution is 2.19. The molecule has 1 heterocycles. The maximum absolute atomic E-state index is 12.2. The first-order valence-corrected chi connectivity index (χ1v) is 6.20. The van der Waals surface area contributed by atoms with Crippen molar-refractivity contribution in [2.45, 2.75) is 32.9 Å². The second-order valence-electron chi connectivity index (χ2n) is 5.05. The van der Waals surface area contributed by atoms with Crippen molar-refractivity contribution in [1.29, 1.82) is 0 Å². The minimum atomic E-state index is -0.375. The SMILES string of the molecule is CC(C)[C@@H](N)C(=O)N1CCc2ccccc2C1. The molecule has 0 unspecified atom stereocenters. The van der Waals surface area contributed by atoms with Gasteiger partial charge in [-0.2, -0.15) is 0 Å². The zero-order chi connectivity index (χ0) is 12.4. The lowest BCUT2D eigenvalue weighted by Crippen LogP contribution is -2.48. The second-order valence-corrected chi connectivity index (χ2v) is 5.05. The summed E-state index contributed by atoms with van der Waals surface area (Å²) < 4.78 is 0. The van der Waals surface area contributed by atoms with Crippen molar-refractivity contribution in [3.63, 3.8) is 0 Å². The quantitative estimate of drug-likeness (QED) is 0.841. The second kappa shape index (κ2) is 4.88. The van der Waals surface area contributed by atoms with Crippen molar-refractivity contribution < 1.29 is 4.79 Å². The van der Waals surface area contributed by atoms with E-state index >= 15 is 0 Å². The van der Waals surface area contributed by atoms with E-state index in [9.17, 15) is 4.79 Å². The molecule has 3 nitrogen and oxygen atoms in total. The van der Waals surface area contributed by atoms with Crippen molar-refractivity contribution in [1.82, 2.24) is 4.90 Å². The van der Waals surface area contributed by atoms with E-state index in [4.69, 9.17) is 5.73 Å². The van der Waals surface area contributed by atoms with E-state index in [0.717, 1.165) is 13.0 Å². The Morgan fingerprint density at radius 3 is 2.59 bits per heavy atom. The van der Waals surface area contributed by atoms with E-state index in [1.807, 2.05) is 24.8 Å². The van der Waals surface area contributed by atoms with Crippen LogP contribution in [0.15, 0.2) is 24.3 Å². The van der Waals surface area contributed by atoms with E-state index in [2.05, 4.69) is 18.2 Å². The van der Waals surface area contributed by atoms with Crippen LogP contribution in [-0.4, -0.2) is 23.4 Å². The first-order chi connectivity index (χ1) is 8.09. The fourth-order valence-electron chi connectivity index (χ4n) is 2.18. The first kappa shape index (κ1) is 12.1. The summed E-state index contributed by atoms with van der Waals surface area (Å²) in [6.07, 6.45) is 0.937. The number of hydrogen-bond acceptors (Lipinski definition) is 2. The van der Waals surface area contributed by atoms with Crippen LogP contribution in [0.4, 0.5) is 0 Å². The Kier molecular flexibility index (Phi) is 3.48. The van der Waals surface area contributed by atoms with Crippen molar-refractivity contribution in [2.75, 3.05) is 6.54 Å². The van der Waals surface area contributed by atoms with Gasteiger partial charge in [0.15, 0.2) is 0 Å². The van der Waals surface area contributed by atoms with Gasteiger partial charge >= 0.3 is 0 Å². The Morgan fingerprint density at radius 2 is 1.94 bits per heavy atom. The summed E-state index contributed by atoms with van der Waals surface area (Å²) in [6, 6.07) is 7.93. The summed E-state index contributed by atoms with van der Waals surface area (Å²) in [6.45, 7) is 5.46. The summed E-state index contributed by atoms with van der Waals surface area (Å²) >= 11 is 0. The van der Waals surface area contributed by atoms with E-state index < -0.39 is 0 Å². The van der Waals surface area contributed by atoms with Crippen molar-refractivity contribution in [3.05, 3.63) is 35.4 Å². The van der Waals surface area contributed by atoms with Crippen LogP contribution in [0.3, 0.4) is 0 Å². The average molecular weight is 232 g/mol. The maximum atomic E-state index is 12.2. The smallest absolute Gasteiger partial charge is 0.240 e. The van der Waals surface area contributed by atoms with Crippen molar-refractivity contribution in [2.24, 2.45) is 11.7 Å². The number of rotatable bonds is 2. The van der Waals surface area contributed by atoms with Gasteiger partial charge in [-0.05, 0) is 23.5 Å². The summed E-state index contributed by atoms with van der Waals surface area (Å²) in [5.41, 5.74) is 8.53. The molecule has 17 heavy (non-hydrogen) atoms. The lowest BCUT2D eigenvalue weighted by atomic mass is 9.97. The molecule has 3 heteroatoms. The van der Waals surface area contributed by atoms with Gasteiger partial charge in [0, 0.05) is 13.1 Å². The number of carbonyl (C=O) groups is 1. The Balaban J connectivity index is 2.10. The molecular formula is C14H20N2O. The highest BCUT2D eigenvalue weighted by Gasteiger charge is 2.26. The van der Waals surface area contributed by atoms with Crippen molar-refractivity contribution in [3.8, 4) is 0 Å². The number of carbonyl (C=O) groups excluding carboxylic acids is 1. The van der Waals surface area contributed by atoms with Gasteiger partial charge in [-0.1, -0.05) is 38.1 Å². The van der Waals surface area contributed by atoms with Crippen LogP contribution >= 0.6 is 0 Å². The third-order valence-electron chi connectivity index (χ3n) is 3.45. The Labute approximate surface area is 103 Å². The number of benzene rings is 1. The third-order valence-corrected chi connectivity index (χ3v) is 3.45. The van der Waals surface area contributed by atoms with Gasteiger partial charge in [0.05, 0.1) is 6.04 Å². The van der Waals surface area contributed by atoms with Gasteiger partial charge in [0.1, 0.15) is 0 Å². The molecule has 2 rings (SSSR count). The van der Waals surface area contributed by atoms with Gasteiger partial charge in [0.25, 0.3) is 0 Å². The molecule has 1 aliphatic rings. The number of fused-ring (bicyclic) bond motifs is 1. The molecule has 1 amide bonds. The van der Waals surface area contributed by atoms with Crippen LogP contribution in [0.1, 0.15) is 25.0 Å². The topological polar surface area (TPSA) is 46.3 Å². The molecule has 0 spiro atoms. The summed E-state index contributed by atoms with van der Waals surface area (Å²) in [5, 5.41) is 0. The highest BCUT2D eigenvalue weighted by atomic mass is 16.2. The molecule has 1 aromatic carbocycles. The number of nitrogens with two attached hydrogens (primary N) is 1. The Hall–Kier alpha value is -1.35. The van der Waals surface area contributed by atoms with Crippen LogP contribution in [0, 0.1) is 5.92 Å². The molecule has 2 N–H and O–H groups in total. The predicted molar refractivity (Wildman–Crippen MR) is 68.4 cm³/mol. The maximum Gasteiger partial charge on any atom is 0.240 e. The molecule has 0 saturated heterocycles. The molecule has 0 radical (unpaired) electrons.